The number of morpholine rings is 1. The SMILES string of the molecule is C[C@H]1CN(CCCCNCc2c(Cl)nc3ccccn23)C[C@H](C)O1. The van der Waals surface area contributed by atoms with Crippen LogP contribution < -0.4 is 5.32 Å². The average molecular weight is 351 g/mol. The van der Waals surface area contributed by atoms with Gasteiger partial charge in [0.25, 0.3) is 0 Å². The van der Waals surface area contributed by atoms with Gasteiger partial charge in [-0.1, -0.05) is 17.7 Å². The topological polar surface area (TPSA) is 41.8 Å². The number of fused-ring (bicyclic) bond motifs is 1. The van der Waals surface area contributed by atoms with Crippen molar-refractivity contribution in [2.45, 2.75) is 45.4 Å². The number of unbranched alkanes of at least 4 members (excludes halogenated alkanes) is 1. The van der Waals surface area contributed by atoms with Crippen LogP contribution >= 0.6 is 11.6 Å². The summed E-state index contributed by atoms with van der Waals surface area (Å²) in [6.45, 7) is 9.30. The van der Waals surface area contributed by atoms with Crippen molar-refractivity contribution in [3.8, 4) is 0 Å². The fraction of sp³-hybridized carbons (Fsp3) is 0.611. The number of imidazole rings is 1. The van der Waals surface area contributed by atoms with Gasteiger partial charge in [-0.25, -0.2) is 4.98 Å². The van der Waals surface area contributed by atoms with E-state index >= 15 is 0 Å². The minimum Gasteiger partial charge on any atom is -0.373 e. The maximum Gasteiger partial charge on any atom is 0.152 e. The third-order valence-electron chi connectivity index (χ3n) is 4.45. The lowest BCUT2D eigenvalue weighted by molar-refractivity contribution is -0.0681. The molecule has 24 heavy (non-hydrogen) atoms. The number of hydrogen-bond acceptors (Lipinski definition) is 4. The van der Waals surface area contributed by atoms with E-state index in [1.54, 1.807) is 0 Å². The molecular weight excluding hydrogens is 324 g/mol. The number of nitrogens with zero attached hydrogens (tertiary/aromatic N) is 3. The highest BCUT2D eigenvalue weighted by atomic mass is 35.5. The van der Waals surface area contributed by atoms with Crippen LogP contribution in [0.3, 0.4) is 0 Å². The summed E-state index contributed by atoms with van der Waals surface area (Å²) in [5.41, 5.74) is 1.93. The first-order valence-corrected chi connectivity index (χ1v) is 9.21. The summed E-state index contributed by atoms with van der Waals surface area (Å²) in [6, 6.07) is 5.95. The van der Waals surface area contributed by atoms with Gasteiger partial charge in [-0.15, -0.1) is 0 Å². The molecule has 6 heteroatoms. The van der Waals surface area contributed by atoms with Crippen LogP contribution in [0.2, 0.25) is 5.15 Å². The van der Waals surface area contributed by atoms with Gasteiger partial charge in [0.15, 0.2) is 5.15 Å². The van der Waals surface area contributed by atoms with Crippen LogP contribution in [0, 0.1) is 0 Å². The number of pyridine rings is 1. The molecule has 0 aliphatic carbocycles. The molecular formula is C18H27ClN4O. The molecule has 132 valence electrons. The molecule has 0 amide bonds. The maximum absolute atomic E-state index is 6.25. The largest absolute Gasteiger partial charge is 0.373 e. The van der Waals surface area contributed by atoms with Crippen LogP contribution in [0.5, 0.6) is 0 Å². The van der Waals surface area contributed by atoms with Crippen LogP contribution in [-0.4, -0.2) is 52.7 Å². The van der Waals surface area contributed by atoms with E-state index in [-0.39, 0.29) is 0 Å². The molecule has 1 fully saturated rings. The Kier molecular flexibility index (Phi) is 6.11. The van der Waals surface area contributed by atoms with E-state index in [0.717, 1.165) is 50.5 Å². The van der Waals surface area contributed by atoms with E-state index in [1.165, 1.54) is 6.42 Å². The molecule has 3 heterocycles. The normalized spacial score (nSPS) is 22.3. The van der Waals surface area contributed by atoms with E-state index in [4.69, 9.17) is 16.3 Å². The second-order valence-electron chi connectivity index (χ2n) is 6.68. The molecule has 0 spiro atoms. The standard InChI is InChI=1S/C18H27ClN4O/c1-14-12-22(13-15(2)24-14)9-6-4-8-20-11-16-18(19)21-17-7-3-5-10-23(16)17/h3,5,7,10,14-15,20H,4,6,8-9,11-13H2,1-2H3/t14-,15-/m0/s1. The number of hydrogen-bond donors (Lipinski definition) is 1. The number of nitrogens with one attached hydrogen (secondary N) is 1. The predicted molar refractivity (Wildman–Crippen MR) is 97.6 cm³/mol. The molecule has 0 bridgehead atoms. The van der Waals surface area contributed by atoms with E-state index in [9.17, 15) is 0 Å². The molecule has 1 saturated heterocycles. The molecule has 1 aliphatic heterocycles. The smallest absolute Gasteiger partial charge is 0.152 e. The van der Waals surface area contributed by atoms with E-state index in [1.807, 2.05) is 28.8 Å². The van der Waals surface area contributed by atoms with Crippen molar-refractivity contribution in [2.75, 3.05) is 26.2 Å². The first-order valence-electron chi connectivity index (χ1n) is 8.83. The van der Waals surface area contributed by atoms with Crippen molar-refractivity contribution in [2.24, 2.45) is 0 Å². The molecule has 0 aromatic carbocycles. The molecule has 3 rings (SSSR count). The summed E-state index contributed by atoms with van der Waals surface area (Å²) >= 11 is 6.25. The number of rotatable bonds is 7. The number of halogens is 1. The minimum atomic E-state index is 0.351. The molecule has 1 aliphatic rings. The van der Waals surface area contributed by atoms with Crippen molar-refractivity contribution in [3.05, 3.63) is 35.2 Å². The zero-order chi connectivity index (χ0) is 16.9. The van der Waals surface area contributed by atoms with Crippen LogP contribution in [0.4, 0.5) is 0 Å². The quantitative estimate of drug-likeness (QED) is 0.779. The van der Waals surface area contributed by atoms with Gasteiger partial charge in [0.1, 0.15) is 5.65 Å². The Morgan fingerprint density at radius 3 is 2.83 bits per heavy atom. The lowest BCUT2D eigenvalue weighted by Gasteiger charge is -2.35. The highest BCUT2D eigenvalue weighted by molar-refractivity contribution is 6.30. The van der Waals surface area contributed by atoms with Crippen molar-refractivity contribution in [1.82, 2.24) is 19.6 Å². The minimum absolute atomic E-state index is 0.351. The van der Waals surface area contributed by atoms with E-state index in [2.05, 4.69) is 29.0 Å². The Morgan fingerprint density at radius 2 is 2.04 bits per heavy atom. The molecule has 2 aromatic heterocycles. The van der Waals surface area contributed by atoms with Gasteiger partial charge >= 0.3 is 0 Å². The zero-order valence-corrected chi connectivity index (χ0v) is 15.3. The molecule has 0 radical (unpaired) electrons. The molecule has 2 aromatic rings. The van der Waals surface area contributed by atoms with Crippen molar-refractivity contribution < 1.29 is 4.74 Å². The summed E-state index contributed by atoms with van der Waals surface area (Å²) in [4.78, 5) is 6.89. The first kappa shape index (κ1) is 17.7. The molecule has 5 nitrogen and oxygen atoms in total. The van der Waals surface area contributed by atoms with Crippen LogP contribution in [-0.2, 0) is 11.3 Å². The highest BCUT2D eigenvalue weighted by Gasteiger charge is 2.21. The van der Waals surface area contributed by atoms with Gasteiger partial charge in [-0.2, -0.15) is 0 Å². The van der Waals surface area contributed by atoms with Gasteiger partial charge < -0.3 is 14.5 Å². The van der Waals surface area contributed by atoms with Crippen molar-refractivity contribution in [1.29, 1.82) is 0 Å². The Hall–Kier alpha value is -1.14. The summed E-state index contributed by atoms with van der Waals surface area (Å²) in [5, 5.41) is 4.08. The fourth-order valence-corrected chi connectivity index (χ4v) is 3.68. The summed E-state index contributed by atoms with van der Waals surface area (Å²) < 4.78 is 7.82. The van der Waals surface area contributed by atoms with E-state index < -0.39 is 0 Å². The monoisotopic (exact) mass is 350 g/mol. The summed E-state index contributed by atoms with van der Waals surface area (Å²) in [6.07, 6.45) is 5.07. The lowest BCUT2D eigenvalue weighted by atomic mass is 10.2. The third kappa shape index (κ3) is 4.48. The van der Waals surface area contributed by atoms with Crippen LogP contribution in [0.1, 0.15) is 32.4 Å². The Balaban J connectivity index is 1.37. The Morgan fingerprint density at radius 1 is 1.25 bits per heavy atom. The molecule has 0 saturated carbocycles. The zero-order valence-electron chi connectivity index (χ0n) is 14.5. The van der Waals surface area contributed by atoms with Gasteiger partial charge in [-0.05, 0) is 51.9 Å². The second-order valence-corrected chi connectivity index (χ2v) is 7.04. The van der Waals surface area contributed by atoms with Crippen molar-refractivity contribution >= 4 is 17.2 Å². The molecule has 0 unspecified atom stereocenters. The molecule has 1 N–H and O–H groups in total. The predicted octanol–water partition coefficient (Wildman–Crippen LogP) is 2.97. The first-order chi connectivity index (χ1) is 11.6. The maximum atomic E-state index is 6.25. The van der Waals surface area contributed by atoms with Gasteiger partial charge in [0.05, 0.1) is 17.9 Å². The number of ether oxygens (including phenoxy) is 1. The summed E-state index contributed by atoms with van der Waals surface area (Å²) in [7, 11) is 0. The number of aromatic nitrogens is 2. The second kappa shape index (κ2) is 8.30. The van der Waals surface area contributed by atoms with Crippen LogP contribution in [0.25, 0.3) is 5.65 Å². The van der Waals surface area contributed by atoms with Crippen LogP contribution in [0.15, 0.2) is 24.4 Å². The van der Waals surface area contributed by atoms with Gasteiger partial charge in [-0.3, -0.25) is 4.90 Å². The Bertz CT molecular complexity index is 650. The summed E-state index contributed by atoms with van der Waals surface area (Å²) in [5.74, 6) is 0. The van der Waals surface area contributed by atoms with Crippen molar-refractivity contribution in [3.63, 3.8) is 0 Å². The average Bonchev–Trinajstić information content (AvgIpc) is 2.85. The highest BCUT2D eigenvalue weighted by Crippen LogP contribution is 2.17. The van der Waals surface area contributed by atoms with Gasteiger partial charge in [0.2, 0.25) is 0 Å². The van der Waals surface area contributed by atoms with E-state index in [0.29, 0.717) is 17.4 Å². The lowest BCUT2D eigenvalue weighted by Crippen LogP contribution is -2.45. The van der Waals surface area contributed by atoms with Gasteiger partial charge in [0, 0.05) is 25.8 Å². The Labute approximate surface area is 149 Å². The fourth-order valence-electron chi connectivity index (χ4n) is 3.44. The molecule has 2 atom stereocenters. The third-order valence-corrected chi connectivity index (χ3v) is 4.75.